The van der Waals surface area contributed by atoms with Gasteiger partial charge in [0.05, 0.1) is 11.0 Å². The summed E-state index contributed by atoms with van der Waals surface area (Å²) in [5, 5.41) is 0. The van der Waals surface area contributed by atoms with E-state index in [0.29, 0.717) is 34.7 Å². The molecule has 1 unspecified atom stereocenters. The SMILES string of the molecule is Cc1cc2c(cc1F)nc(CCCl)n2C(C(N)=O)C(C)C. The highest BCUT2D eigenvalue weighted by molar-refractivity contribution is 6.17. The van der Waals surface area contributed by atoms with Crippen molar-refractivity contribution < 1.29 is 9.18 Å². The number of carbonyl (C=O) groups is 1. The van der Waals surface area contributed by atoms with Crippen LogP contribution in [0.3, 0.4) is 0 Å². The van der Waals surface area contributed by atoms with Crippen molar-refractivity contribution in [3.8, 4) is 0 Å². The lowest BCUT2D eigenvalue weighted by molar-refractivity contribution is -0.122. The van der Waals surface area contributed by atoms with E-state index in [4.69, 9.17) is 17.3 Å². The molecule has 2 aromatic rings. The Morgan fingerprint density at radius 2 is 2.14 bits per heavy atom. The number of rotatable bonds is 5. The number of imidazole rings is 1. The van der Waals surface area contributed by atoms with Crippen molar-refractivity contribution in [2.45, 2.75) is 33.2 Å². The molecule has 2 N–H and O–H groups in total. The maximum absolute atomic E-state index is 13.7. The predicted octanol–water partition coefficient (Wildman–Crippen LogP) is 2.95. The predicted molar refractivity (Wildman–Crippen MR) is 81.9 cm³/mol. The molecule has 1 aromatic carbocycles. The number of hydrogen-bond donors (Lipinski definition) is 1. The second-order valence-electron chi connectivity index (χ2n) is 5.52. The summed E-state index contributed by atoms with van der Waals surface area (Å²) in [5.41, 5.74) is 7.30. The molecule has 1 amide bonds. The van der Waals surface area contributed by atoms with Crippen molar-refractivity contribution in [3.05, 3.63) is 29.3 Å². The van der Waals surface area contributed by atoms with E-state index in [1.807, 2.05) is 13.8 Å². The minimum atomic E-state index is -0.530. The molecule has 4 nitrogen and oxygen atoms in total. The van der Waals surface area contributed by atoms with Crippen molar-refractivity contribution in [1.29, 1.82) is 0 Å². The summed E-state index contributed by atoms with van der Waals surface area (Å²) < 4.78 is 15.5. The van der Waals surface area contributed by atoms with E-state index in [2.05, 4.69) is 4.98 Å². The molecule has 0 aliphatic heterocycles. The number of fused-ring (bicyclic) bond motifs is 1. The number of benzene rings is 1. The topological polar surface area (TPSA) is 60.9 Å². The lowest BCUT2D eigenvalue weighted by Crippen LogP contribution is -2.31. The van der Waals surface area contributed by atoms with E-state index in [0.717, 1.165) is 0 Å². The van der Waals surface area contributed by atoms with Crippen LogP contribution in [0.5, 0.6) is 0 Å². The number of amides is 1. The number of halogens is 2. The Kier molecular flexibility index (Phi) is 4.52. The Morgan fingerprint density at radius 1 is 1.48 bits per heavy atom. The highest BCUT2D eigenvalue weighted by Crippen LogP contribution is 2.28. The van der Waals surface area contributed by atoms with Gasteiger partial charge in [0.1, 0.15) is 17.7 Å². The third-order valence-electron chi connectivity index (χ3n) is 3.56. The van der Waals surface area contributed by atoms with E-state index in [1.54, 1.807) is 17.6 Å². The summed E-state index contributed by atoms with van der Waals surface area (Å²) in [4.78, 5) is 16.3. The van der Waals surface area contributed by atoms with Crippen LogP contribution in [0.25, 0.3) is 11.0 Å². The molecular weight excluding hydrogens is 293 g/mol. The molecule has 0 aliphatic carbocycles. The Bertz CT molecular complexity index is 681. The molecule has 0 aliphatic rings. The minimum absolute atomic E-state index is 0.000616. The molecule has 1 heterocycles. The number of alkyl halides is 1. The Morgan fingerprint density at radius 3 is 2.67 bits per heavy atom. The molecule has 0 spiro atoms. The van der Waals surface area contributed by atoms with Crippen LogP contribution in [-0.2, 0) is 11.2 Å². The minimum Gasteiger partial charge on any atom is -0.368 e. The molecule has 0 saturated heterocycles. The first-order valence-corrected chi connectivity index (χ1v) is 7.42. The first-order valence-electron chi connectivity index (χ1n) is 6.89. The number of primary amides is 1. The molecule has 0 fully saturated rings. The van der Waals surface area contributed by atoms with Crippen molar-refractivity contribution in [2.24, 2.45) is 11.7 Å². The average Bonchev–Trinajstić information content (AvgIpc) is 2.68. The quantitative estimate of drug-likeness (QED) is 0.863. The maximum Gasteiger partial charge on any atom is 0.240 e. The van der Waals surface area contributed by atoms with Crippen molar-refractivity contribution in [3.63, 3.8) is 0 Å². The van der Waals surface area contributed by atoms with Gasteiger partial charge in [-0.25, -0.2) is 9.37 Å². The monoisotopic (exact) mass is 311 g/mol. The molecule has 0 saturated carbocycles. The van der Waals surface area contributed by atoms with Gasteiger partial charge in [0, 0.05) is 18.4 Å². The van der Waals surface area contributed by atoms with Gasteiger partial charge in [0.15, 0.2) is 0 Å². The van der Waals surface area contributed by atoms with Crippen LogP contribution in [0.15, 0.2) is 12.1 Å². The first-order chi connectivity index (χ1) is 9.86. The molecule has 2 rings (SSSR count). The summed E-state index contributed by atoms with van der Waals surface area (Å²) >= 11 is 5.82. The molecule has 0 bridgehead atoms. The van der Waals surface area contributed by atoms with Gasteiger partial charge in [-0.1, -0.05) is 13.8 Å². The number of aromatic nitrogens is 2. The van der Waals surface area contributed by atoms with E-state index >= 15 is 0 Å². The fourth-order valence-corrected chi connectivity index (χ4v) is 2.76. The summed E-state index contributed by atoms with van der Waals surface area (Å²) in [6, 6.07) is 2.56. The number of hydrogen-bond acceptors (Lipinski definition) is 2. The summed E-state index contributed by atoms with van der Waals surface area (Å²) in [5.74, 6) is 0.280. The normalized spacial score (nSPS) is 13.0. The van der Waals surface area contributed by atoms with Crippen molar-refractivity contribution in [1.82, 2.24) is 9.55 Å². The van der Waals surface area contributed by atoms with Gasteiger partial charge in [-0.15, -0.1) is 11.6 Å². The van der Waals surface area contributed by atoms with Gasteiger partial charge in [-0.05, 0) is 24.5 Å². The lowest BCUT2D eigenvalue weighted by atomic mass is 10.0. The number of nitrogens with two attached hydrogens (primary N) is 1. The van der Waals surface area contributed by atoms with Gasteiger partial charge in [-0.2, -0.15) is 0 Å². The van der Waals surface area contributed by atoms with Gasteiger partial charge in [0.25, 0.3) is 0 Å². The molecule has 1 aromatic heterocycles. The fraction of sp³-hybridized carbons (Fsp3) is 0.467. The molecule has 6 heteroatoms. The van der Waals surface area contributed by atoms with Crippen LogP contribution in [0.4, 0.5) is 4.39 Å². The number of nitrogens with zero attached hydrogens (tertiary/aromatic N) is 2. The molecule has 1 atom stereocenters. The van der Waals surface area contributed by atoms with Gasteiger partial charge in [0.2, 0.25) is 5.91 Å². The molecule has 0 radical (unpaired) electrons. The summed E-state index contributed by atoms with van der Waals surface area (Å²) in [6.07, 6.45) is 0.493. The standard InChI is InChI=1S/C15H19ClFN3O/c1-8(2)14(15(18)21)20-12-6-9(3)10(17)7-11(12)19-13(20)4-5-16/h6-8,14H,4-5H2,1-3H3,(H2,18,21). The lowest BCUT2D eigenvalue weighted by Gasteiger charge is -2.22. The molecule has 114 valence electrons. The van der Waals surface area contributed by atoms with E-state index in [9.17, 15) is 9.18 Å². The van der Waals surface area contributed by atoms with Gasteiger partial charge >= 0.3 is 0 Å². The zero-order valence-electron chi connectivity index (χ0n) is 12.4. The average molecular weight is 312 g/mol. The highest BCUT2D eigenvalue weighted by atomic mass is 35.5. The van der Waals surface area contributed by atoms with Crippen molar-refractivity contribution >= 4 is 28.5 Å². The number of carbonyl (C=O) groups excluding carboxylic acids is 1. The molecular formula is C15H19ClFN3O. The Labute approximate surface area is 128 Å². The Hall–Kier alpha value is -1.62. The zero-order chi connectivity index (χ0) is 15.7. The van der Waals surface area contributed by atoms with Crippen LogP contribution >= 0.6 is 11.6 Å². The second kappa shape index (κ2) is 6.02. The zero-order valence-corrected chi connectivity index (χ0v) is 13.1. The Balaban J connectivity index is 2.76. The van der Waals surface area contributed by atoms with E-state index in [-0.39, 0.29) is 11.7 Å². The second-order valence-corrected chi connectivity index (χ2v) is 5.90. The van der Waals surface area contributed by atoms with Crippen LogP contribution in [0.1, 0.15) is 31.3 Å². The van der Waals surface area contributed by atoms with Gasteiger partial charge in [-0.3, -0.25) is 4.79 Å². The summed E-state index contributed by atoms with van der Waals surface area (Å²) in [6.45, 7) is 5.52. The van der Waals surface area contributed by atoms with Crippen LogP contribution in [0.2, 0.25) is 0 Å². The van der Waals surface area contributed by atoms with E-state index < -0.39 is 11.9 Å². The fourth-order valence-electron chi connectivity index (χ4n) is 2.60. The largest absolute Gasteiger partial charge is 0.368 e. The third-order valence-corrected chi connectivity index (χ3v) is 3.75. The van der Waals surface area contributed by atoms with Crippen LogP contribution in [0, 0.1) is 18.7 Å². The van der Waals surface area contributed by atoms with Gasteiger partial charge < -0.3 is 10.3 Å². The summed E-state index contributed by atoms with van der Waals surface area (Å²) in [7, 11) is 0. The maximum atomic E-state index is 13.7. The highest BCUT2D eigenvalue weighted by Gasteiger charge is 2.26. The first kappa shape index (κ1) is 15.8. The van der Waals surface area contributed by atoms with Crippen molar-refractivity contribution in [2.75, 3.05) is 5.88 Å². The van der Waals surface area contributed by atoms with Crippen LogP contribution < -0.4 is 5.73 Å². The van der Waals surface area contributed by atoms with E-state index in [1.165, 1.54) is 6.07 Å². The number of aryl methyl sites for hydroxylation is 2. The molecule has 21 heavy (non-hydrogen) atoms. The van der Waals surface area contributed by atoms with Crippen LogP contribution in [-0.4, -0.2) is 21.3 Å². The smallest absolute Gasteiger partial charge is 0.240 e. The third kappa shape index (κ3) is 2.88.